The van der Waals surface area contributed by atoms with E-state index >= 15 is 0 Å². The number of hydrogen-bond donors (Lipinski definition) is 0. The zero-order valence-electron chi connectivity index (χ0n) is 10.4. The third kappa shape index (κ3) is 2.73. The van der Waals surface area contributed by atoms with Gasteiger partial charge in [-0.3, -0.25) is 4.79 Å². The summed E-state index contributed by atoms with van der Waals surface area (Å²) in [6, 6.07) is 8.11. The number of Topliss-reactive ketones (excluding diaryl/α,β-unsaturated/α-hetero) is 1. The summed E-state index contributed by atoms with van der Waals surface area (Å²) in [6.45, 7) is 0. The molecule has 0 saturated heterocycles. The molecule has 0 fully saturated rings. The molecule has 0 atom stereocenters. The Morgan fingerprint density at radius 1 is 1.26 bits per heavy atom. The molecular formula is C15H13BrN2O. The molecule has 0 aliphatic heterocycles. The Balaban J connectivity index is 1.88. The summed E-state index contributed by atoms with van der Waals surface area (Å²) >= 11 is 3.46. The third-order valence-corrected chi connectivity index (χ3v) is 3.78. The number of ketones is 1. The van der Waals surface area contributed by atoms with Crippen LogP contribution in [0.5, 0.6) is 0 Å². The Bertz CT molecular complexity index is 640. The van der Waals surface area contributed by atoms with Gasteiger partial charge in [-0.05, 0) is 30.5 Å². The zero-order chi connectivity index (χ0) is 13.2. The average molecular weight is 317 g/mol. The predicted octanol–water partition coefficient (Wildman–Crippen LogP) is 3.35. The van der Waals surface area contributed by atoms with Crippen molar-refractivity contribution in [1.82, 2.24) is 9.97 Å². The minimum Gasteiger partial charge on any atom is -0.294 e. The predicted molar refractivity (Wildman–Crippen MR) is 76.2 cm³/mol. The van der Waals surface area contributed by atoms with Crippen LogP contribution in [0.4, 0.5) is 0 Å². The Labute approximate surface area is 120 Å². The highest BCUT2D eigenvalue weighted by molar-refractivity contribution is 9.10. The molecule has 1 aromatic heterocycles. The summed E-state index contributed by atoms with van der Waals surface area (Å²) in [5.41, 5.74) is 2.79. The molecule has 1 heterocycles. The fourth-order valence-corrected chi connectivity index (χ4v) is 2.79. The first-order valence-electron chi connectivity index (χ1n) is 6.35. The second-order valence-corrected chi connectivity index (χ2v) is 5.65. The SMILES string of the molecule is O=C1CCCc2nc(Cc3cccc(Br)c3)ncc21. The largest absolute Gasteiger partial charge is 0.294 e. The topological polar surface area (TPSA) is 42.9 Å². The summed E-state index contributed by atoms with van der Waals surface area (Å²) in [6.07, 6.45) is 4.80. The van der Waals surface area contributed by atoms with Gasteiger partial charge in [0.2, 0.25) is 0 Å². The van der Waals surface area contributed by atoms with Crippen LogP contribution in [0.15, 0.2) is 34.9 Å². The van der Waals surface area contributed by atoms with Gasteiger partial charge in [0.25, 0.3) is 0 Å². The summed E-state index contributed by atoms with van der Waals surface area (Å²) in [5, 5.41) is 0. The van der Waals surface area contributed by atoms with Crippen LogP contribution in [0.1, 0.15) is 40.3 Å². The van der Waals surface area contributed by atoms with Gasteiger partial charge in [-0.25, -0.2) is 9.97 Å². The lowest BCUT2D eigenvalue weighted by atomic mass is 9.96. The Morgan fingerprint density at radius 3 is 3.00 bits per heavy atom. The molecule has 1 aromatic carbocycles. The molecule has 96 valence electrons. The second-order valence-electron chi connectivity index (χ2n) is 4.73. The van der Waals surface area contributed by atoms with Crippen LogP contribution in [-0.4, -0.2) is 15.8 Å². The molecule has 0 saturated carbocycles. The van der Waals surface area contributed by atoms with Crippen LogP contribution in [0, 0.1) is 0 Å². The fraction of sp³-hybridized carbons (Fsp3) is 0.267. The molecule has 0 bridgehead atoms. The maximum atomic E-state index is 11.7. The van der Waals surface area contributed by atoms with Crippen LogP contribution in [0.2, 0.25) is 0 Å². The van der Waals surface area contributed by atoms with Gasteiger partial charge in [0, 0.05) is 23.5 Å². The van der Waals surface area contributed by atoms with E-state index in [1.54, 1.807) is 6.20 Å². The number of aromatic nitrogens is 2. The molecule has 4 heteroatoms. The molecule has 0 amide bonds. The molecule has 0 spiro atoms. The van der Waals surface area contributed by atoms with E-state index in [4.69, 9.17) is 0 Å². The number of rotatable bonds is 2. The first-order valence-corrected chi connectivity index (χ1v) is 7.14. The molecule has 1 aliphatic rings. The highest BCUT2D eigenvalue weighted by Crippen LogP contribution is 2.20. The lowest BCUT2D eigenvalue weighted by Gasteiger charge is -2.13. The monoisotopic (exact) mass is 316 g/mol. The lowest BCUT2D eigenvalue weighted by molar-refractivity contribution is 0.0971. The van der Waals surface area contributed by atoms with Gasteiger partial charge in [0.1, 0.15) is 5.82 Å². The van der Waals surface area contributed by atoms with E-state index in [0.29, 0.717) is 18.4 Å². The Hall–Kier alpha value is -1.55. The van der Waals surface area contributed by atoms with E-state index < -0.39 is 0 Å². The van der Waals surface area contributed by atoms with Gasteiger partial charge in [0.05, 0.1) is 11.3 Å². The van der Waals surface area contributed by atoms with Crippen molar-refractivity contribution in [2.45, 2.75) is 25.7 Å². The van der Waals surface area contributed by atoms with E-state index in [0.717, 1.165) is 34.4 Å². The van der Waals surface area contributed by atoms with Crippen molar-refractivity contribution < 1.29 is 4.79 Å². The van der Waals surface area contributed by atoms with Gasteiger partial charge < -0.3 is 0 Å². The van der Waals surface area contributed by atoms with Crippen LogP contribution >= 0.6 is 15.9 Å². The van der Waals surface area contributed by atoms with Crippen molar-refractivity contribution in [2.75, 3.05) is 0 Å². The fourth-order valence-electron chi connectivity index (χ4n) is 2.35. The standard InChI is InChI=1S/C15H13BrN2O/c16-11-4-1-3-10(7-11)8-15-17-9-12-13(18-15)5-2-6-14(12)19/h1,3-4,7,9H,2,5-6,8H2. The maximum Gasteiger partial charge on any atom is 0.166 e. The number of carbonyl (C=O) groups is 1. The number of nitrogens with zero attached hydrogens (tertiary/aromatic N) is 2. The summed E-state index contributed by atoms with van der Waals surface area (Å²) in [7, 11) is 0. The van der Waals surface area contributed by atoms with Gasteiger partial charge in [-0.2, -0.15) is 0 Å². The van der Waals surface area contributed by atoms with E-state index in [1.165, 1.54) is 0 Å². The Kier molecular flexibility index (Phi) is 3.42. The van der Waals surface area contributed by atoms with Crippen LogP contribution in [0.25, 0.3) is 0 Å². The van der Waals surface area contributed by atoms with Crippen molar-refractivity contribution in [2.24, 2.45) is 0 Å². The minimum absolute atomic E-state index is 0.176. The first-order chi connectivity index (χ1) is 9.22. The molecule has 19 heavy (non-hydrogen) atoms. The van der Waals surface area contributed by atoms with Crippen molar-refractivity contribution in [3.63, 3.8) is 0 Å². The lowest BCUT2D eigenvalue weighted by Crippen LogP contribution is -2.14. The minimum atomic E-state index is 0.176. The number of carbonyl (C=O) groups excluding carboxylic acids is 1. The van der Waals surface area contributed by atoms with Crippen LogP contribution in [-0.2, 0) is 12.8 Å². The first kappa shape index (κ1) is 12.5. The summed E-state index contributed by atoms with van der Waals surface area (Å²) in [5.74, 6) is 0.960. The van der Waals surface area contributed by atoms with Gasteiger partial charge in [-0.15, -0.1) is 0 Å². The molecule has 0 radical (unpaired) electrons. The van der Waals surface area contributed by atoms with E-state index in [9.17, 15) is 4.79 Å². The highest BCUT2D eigenvalue weighted by atomic mass is 79.9. The van der Waals surface area contributed by atoms with Crippen molar-refractivity contribution in [3.05, 3.63) is 57.6 Å². The number of fused-ring (bicyclic) bond motifs is 1. The van der Waals surface area contributed by atoms with Crippen LogP contribution in [0.3, 0.4) is 0 Å². The molecule has 3 rings (SSSR count). The number of aryl methyl sites for hydroxylation is 1. The van der Waals surface area contributed by atoms with Crippen LogP contribution < -0.4 is 0 Å². The smallest absolute Gasteiger partial charge is 0.166 e. The van der Waals surface area contributed by atoms with Gasteiger partial charge >= 0.3 is 0 Å². The van der Waals surface area contributed by atoms with Crippen molar-refractivity contribution in [1.29, 1.82) is 0 Å². The van der Waals surface area contributed by atoms with Gasteiger partial charge in [0.15, 0.2) is 5.78 Å². The Morgan fingerprint density at radius 2 is 2.16 bits per heavy atom. The number of hydrogen-bond acceptors (Lipinski definition) is 3. The molecule has 1 aliphatic carbocycles. The second kappa shape index (κ2) is 5.21. The molecule has 0 N–H and O–H groups in total. The van der Waals surface area contributed by atoms with Crippen molar-refractivity contribution in [3.8, 4) is 0 Å². The molecular weight excluding hydrogens is 304 g/mol. The summed E-state index contributed by atoms with van der Waals surface area (Å²) in [4.78, 5) is 20.6. The van der Waals surface area contributed by atoms with E-state index in [-0.39, 0.29) is 5.78 Å². The molecule has 0 unspecified atom stereocenters. The van der Waals surface area contributed by atoms with E-state index in [1.807, 2.05) is 12.1 Å². The average Bonchev–Trinajstić information content (AvgIpc) is 2.39. The third-order valence-electron chi connectivity index (χ3n) is 3.29. The zero-order valence-corrected chi connectivity index (χ0v) is 12.0. The molecule has 3 nitrogen and oxygen atoms in total. The quantitative estimate of drug-likeness (QED) is 0.853. The van der Waals surface area contributed by atoms with Gasteiger partial charge in [-0.1, -0.05) is 28.1 Å². The number of halogens is 1. The van der Waals surface area contributed by atoms with E-state index in [2.05, 4.69) is 38.0 Å². The normalized spacial score (nSPS) is 14.3. The maximum absolute atomic E-state index is 11.7. The number of benzene rings is 1. The molecule has 2 aromatic rings. The highest BCUT2D eigenvalue weighted by Gasteiger charge is 2.19. The van der Waals surface area contributed by atoms with Crippen molar-refractivity contribution >= 4 is 21.7 Å². The summed E-state index contributed by atoms with van der Waals surface area (Å²) < 4.78 is 1.05.